The first-order chi connectivity index (χ1) is 12.9. The molecule has 1 aliphatic heterocycles. The molecule has 4 rings (SSSR count). The van der Waals surface area contributed by atoms with Crippen molar-refractivity contribution in [2.75, 3.05) is 5.75 Å². The zero-order chi connectivity index (χ0) is 19.0. The second kappa shape index (κ2) is 6.84. The van der Waals surface area contributed by atoms with E-state index in [9.17, 15) is 13.0 Å². The minimum atomic E-state index is -3.63. The molecule has 0 bridgehead atoms. The van der Waals surface area contributed by atoms with Gasteiger partial charge >= 0.3 is 6.29 Å². The molecule has 0 saturated heterocycles. The van der Waals surface area contributed by atoms with Crippen molar-refractivity contribution in [3.63, 3.8) is 0 Å². The van der Waals surface area contributed by atoms with Crippen LogP contribution in [0.25, 0.3) is 11.0 Å². The lowest BCUT2D eigenvalue weighted by atomic mass is 10.1. The van der Waals surface area contributed by atoms with Gasteiger partial charge in [-0.1, -0.05) is 18.2 Å². The number of aryl methyl sites for hydroxylation is 2. The largest absolute Gasteiger partial charge is 0.586 e. The standard InChI is InChI=1S/C19H16F2N2O3S/c1-12-16(23-15-5-3-2-4-14(15)22-12)11-27(24)9-8-13-6-7-17-18(10-13)26-19(20,21)25-17/h2-7,10H,8-9,11H2,1H3. The van der Waals surface area contributed by atoms with E-state index in [4.69, 9.17) is 0 Å². The van der Waals surface area contributed by atoms with Gasteiger partial charge in [-0.05, 0) is 43.2 Å². The molecule has 2 heterocycles. The Morgan fingerprint density at radius 1 is 1.04 bits per heavy atom. The van der Waals surface area contributed by atoms with Crippen LogP contribution in [0, 0.1) is 6.92 Å². The van der Waals surface area contributed by atoms with E-state index in [0.717, 1.165) is 22.3 Å². The maximum absolute atomic E-state index is 13.1. The Bertz CT molecular complexity index is 1040. The number of benzene rings is 2. The molecule has 1 aromatic heterocycles. The molecule has 8 heteroatoms. The monoisotopic (exact) mass is 390 g/mol. The minimum absolute atomic E-state index is 0.000442. The molecule has 5 nitrogen and oxygen atoms in total. The molecule has 0 amide bonds. The summed E-state index contributed by atoms with van der Waals surface area (Å²) in [5, 5.41) is 0. The van der Waals surface area contributed by atoms with Crippen LogP contribution in [-0.2, 0) is 23.0 Å². The van der Waals surface area contributed by atoms with E-state index < -0.39 is 17.1 Å². The summed E-state index contributed by atoms with van der Waals surface area (Å²) in [4.78, 5) is 9.06. The number of ether oxygens (including phenoxy) is 2. The van der Waals surface area contributed by atoms with Crippen molar-refractivity contribution in [3.8, 4) is 11.5 Å². The second-order valence-corrected chi connectivity index (χ2v) is 7.81. The number of alkyl halides is 2. The van der Waals surface area contributed by atoms with Gasteiger partial charge in [-0.15, -0.1) is 8.78 Å². The molecule has 0 N–H and O–H groups in total. The number of aromatic nitrogens is 2. The minimum Gasteiger partial charge on any atom is -0.395 e. The van der Waals surface area contributed by atoms with Crippen LogP contribution in [0.15, 0.2) is 42.5 Å². The summed E-state index contributed by atoms with van der Waals surface area (Å²) in [6, 6.07) is 12.1. The number of halogens is 2. The molecule has 1 aliphatic rings. The van der Waals surface area contributed by atoms with Crippen LogP contribution in [0.2, 0.25) is 0 Å². The first-order valence-electron chi connectivity index (χ1n) is 8.36. The number of hydrogen-bond acceptors (Lipinski definition) is 5. The van der Waals surface area contributed by atoms with Gasteiger partial charge in [0.1, 0.15) is 0 Å². The summed E-state index contributed by atoms with van der Waals surface area (Å²) in [6.45, 7) is 1.85. The van der Waals surface area contributed by atoms with Crippen molar-refractivity contribution in [1.29, 1.82) is 0 Å². The quantitative estimate of drug-likeness (QED) is 0.664. The van der Waals surface area contributed by atoms with Gasteiger partial charge in [0.2, 0.25) is 0 Å². The maximum atomic E-state index is 13.1. The number of para-hydroxylation sites is 2. The Labute approximate surface area is 156 Å². The molecule has 27 heavy (non-hydrogen) atoms. The van der Waals surface area contributed by atoms with E-state index in [2.05, 4.69) is 19.4 Å². The van der Waals surface area contributed by atoms with Crippen molar-refractivity contribution in [1.82, 2.24) is 9.97 Å². The summed E-state index contributed by atoms with van der Waals surface area (Å²) in [6.07, 6.45) is -3.16. The van der Waals surface area contributed by atoms with Crippen molar-refractivity contribution < 1.29 is 22.5 Å². The highest BCUT2D eigenvalue weighted by atomic mass is 32.2. The van der Waals surface area contributed by atoms with Crippen molar-refractivity contribution in [2.45, 2.75) is 25.4 Å². The van der Waals surface area contributed by atoms with Gasteiger partial charge in [-0.3, -0.25) is 4.21 Å². The summed E-state index contributed by atoms with van der Waals surface area (Å²) in [7, 11) is -1.16. The topological polar surface area (TPSA) is 61.3 Å². The molecular formula is C19H16F2N2O3S. The van der Waals surface area contributed by atoms with E-state index in [0.29, 0.717) is 23.6 Å². The van der Waals surface area contributed by atoms with Crippen molar-refractivity contribution in [2.24, 2.45) is 0 Å². The molecule has 0 spiro atoms. The SMILES string of the molecule is Cc1nc2ccccc2nc1CS(=O)CCc1ccc2c(c1)OC(F)(F)O2. The second-order valence-electron chi connectivity index (χ2n) is 6.23. The molecule has 1 unspecified atom stereocenters. The van der Waals surface area contributed by atoms with E-state index in [-0.39, 0.29) is 11.5 Å². The number of rotatable bonds is 5. The van der Waals surface area contributed by atoms with Crippen LogP contribution >= 0.6 is 0 Å². The number of hydrogen-bond donors (Lipinski definition) is 0. The van der Waals surface area contributed by atoms with Gasteiger partial charge in [0.05, 0.1) is 28.2 Å². The summed E-state index contributed by atoms with van der Waals surface area (Å²) in [5.74, 6) is 0.683. The van der Waals surface area contributed by atoms with Gasteiger partial charge in [0.15, 0.2) is 11.5 Å². The molecule has 0 fully saturated rings. The summed E-state index contributed by atoms with van der Waals surface area (Å²) in [5.41, 5.74) is 3.79. The zero-order valence-corrected chi connectivity index (χ0v) is 15.3. The first-order valence-corrected chi connectivity index (χ1v) is 9.84. The predicted molar refractivity (Wildman–Crippen MR) is 97.3 cm³/mol. The Hall–Kier alpha value is -2.61. The van der Waals surface area contributed by atoms with Crippen molar-refractivity contribution in [3.05, 3.63) is 59.4 Å². The van der Waals surface area contributed by atoms with Gasteiger partial charge in [-0.2, -0.15) is 0 Å². The third kappa shape index (κ3) is 3.90. The first kappa shape index (κ1) is 17.8. The average Bonchev–Trinajstić information content (AvgIpc) is 2.93. The Morgan fingerprint density at radius 2 is 1.74 bits per heavy atom. The third-order valence-corrected chi connectivity index (χ3v) is 5.48. The molecule has 2 aromatic carbocycles. The predicted octanol–water partition coefficient (Wildman–Crippen LogP) is 3.75. The molecule has 0 radical (unpaired) electrons. The zero-order valence-electron chi connectivity index (χ0n) is 14.4. The molecule has 0 saturated carbocycles. The number of fused-ring (bicyclic) bond motifs is 2. The average molecular weight is 390 g/mol. The molecule has 3 aromatic rings. The van der Waals surface area contributed by atoms with Gasteiger partial charge in [0.25, 0.3) is 0 Å². The fourth-order valence-electron chi connectivity index (χ4n) is 2.87. The van der Waals surface area contributed by atoms with Crippen LogP contribution < -0.4 is 9.47 Å². The lowest BCUT2D eigenvalue weighted by Gasteiger charge is -2.07. The fourth-order valence-corrected chi connectivity index (χ4v) is 4.05. The van der Waals surface area contributed by atoms with Gasteiger partial charge in [0, 0.05) is 16.6 Å². The van der Waals surface area contributed by atoms with Crippen LogP contribution in [-0.4, -0.2) is 26.2 Å². The third-order valence-electron chi connectivity index (χ3n) is 4.22. The van der Waals surface area contributed by atoms with Crippen molar-refractivity contribution >= 4 is 21.8 Å². The van der Waals surface area contributed by atoms with Crippen LogP contribution in [0.4, 0.5) is 8.78 Å². The van der Waals surface area contributed by atoms with E-state index in [1.54, 1.807) is 6.07 Å². The maximum Gasteiger partial charge on any atom is 0.586 e. The lowest BCUT2D eigenvalue weighted by Crippen LogP contribution is -2.25. The highest BCUT2D eigenvalue weighted by Gasteiger charge is 2.43. The molecule has 0 aliphatic carbocycles. The van der Waals surface area contributed by atoms with Crippen LogP contribution in [0.3, 0.4) is 0 Å². The highest BCUT2D eigenvalue weighted by molar-refractivity contribution is 7.84. The summed E-state index contributed by atoms with van der Waals surface area (Å²) >= 11 is 0. The fraction of sp³-hybridized carbons (Fsp3) is 0.263. The van der Waals surface area contributed by atoms with E-state index >= 15 is 0 Å². The Morgan fingerprint density at radius 3 is 2.52 bits per heavy atom. The molecule has 1 atom stereocenters. The lowest BCUT2D eigenvalue weighted by molar-refractivity contribution is -0.286. The van der Waals surface area contributed by atoms with Crippen LogP contribution in [0.5, 0.6) is 11.5 Å². The van der Waals surface area contributed by atoms with Crippen LogP contribution in [0.1, 0.15) is 17.0 Å². The molecular weight excluding hydrogens is 374 g/mol. The Balaban J connectivity index is 1.41. The van der Waals surface area contributed by atoms with Gasteiger partial charge < -0.3 is 9.47 Å². The van der Waals surface area contributed by atoms with E-state index in [1.165, 1.54) is 12.1 Å². The summed E-state index contributed by atoms with van der Waals surface area (Å²) < 4.78 is 47.4. The van der Waals surface area contributed by atoms with E-state index in [1.807, 2.05) is 31.2 Å². The van der Waals surface area contributed by atoms with Gasteiger partial charge in [-0.25, -0.2) is 9.97 Å². The smallest absolute Gasteiger partial charge is 0.395 e. The Kier molecular flexibility index (Phi) is 4.51. The highest BCUT2D eigenvalue weighted by Crippen LogP contribution is 2.41. The normalized spacial score (nSPS) is 15.8. The molecule has 140 valence electrons. The number of nitrogens with zero attached hydrogens (tertiary/aromatic N) is 2.